The van der Waals surface area contributed by atoms with Gasteiger partial charge in [0, 0.05) is 34.5 Å². The third-order valence-corrected chi connectivity index (χ3v) is 7.43. The summed E-state index contributed by atoms with van der Waals surface area (Å²) in [6.07, 6.45) is -0.00541. The fourth-order valence-electron chi connectivity index (χ4n) is 5.67. The Morgan fingerprint density at radius 3 is 2.35 bits per heavy atom. The lowest BCUT2D eigenvalue weighted by molar-refractivity contribution is -0.139. The summed E-state index contributed by atoms with van der Waals surface area (Å²) in [6, 6.07) is 19.2. The highest BCUT2D eigenvalue weighted by Crippen LogP contribution is 2.40. The molecule has 7 nitrogen and oxygen atoms in total. The Balaban J connectivity index is 1.81. The Morgan fingerprint density at radius 1 is 0.953 bits per heavy atom. The number of aromatic nitrogens is 2. The van der Waals surface area contributed by atoms with E-state index in [0.29, 0.717) is 38.8 Å². The van der Waals surface area contributed by atoms with E-state index in [9.17, 15) is 28.6 Å². The van der Waals surface area contributed by atoms with Crippen molar-refractivity contribution in [2.75, 3.05) is 0 Å². The molecule has 2 unspecified atom stereocenters. The SMILES string of the molecule is CC(C)n1c(C=CC(O)CC(O)CC(=O)O)c(-c2ccc(F)cc2)c2c3ccccc3n(Cc3cccc(F)c3)c(=O)c21. The molecule has 0 radical (unpaired) electrons. The van der Waals surface area contributed by atoms with Crippen LogP contribution in [0.15, 0.2) is 83.7 Å². The van der Waals surface area contributed by atoms with Gasteiger partial charge in [-0.2, -0.15) is 0 Å². The predicted octanol–water partition coefficient (Wildman–Crippen LogP) is 6.13. The number of benzene rings is 3. The normalized spacial score (nSPS) is 13.4. The van der Waals surface area contributed by atoms with Crippen molar-refractivity contribution in [3.8, 4) is 11.1 Å². The summed E-state index contributed by atoms with van der Waals surface area (Å²) in [7, 11) is 0. The maximum absolute atomic E-state index is 14.4. The van der Waals surface area contributed by atoms with Crippen molar-refractivity contribution in [3.63, 3.8) is 0 Å². The number of aliphatic hydroxyl groups is 2. The van der Waals surface area contributed by atoms with Gasteiger partial charge in [-0.25, -0.2) is 8.78 Å². The number of hydrogen-bond acceptors (Lipinski definition) is 4. The minimum atomic E-state index is -1.25. The van der Waals surface area contributed by atoms with Crippen molar-refractivity contribution in [1.82, 2.24) is 9.13 Å². The fraction of sp³-hybridized carbons (Fsp3) is 0.235. The number of nitrogens with zero attached hydrogens (tertiary/aromatic N) is 2. The molecule has 0 aliphatic carbocycles. The molecule has 0 bridgehead atoms. The molecule has 0 aliphatic heterocycles. The van der Waals surface area contributed by atoms with Crippen LogP contribution in [0.5, 0.6) is 0 Å². The minimum absolute atomic E-state index is 0.132. The van der Waals surface area contributed by atoms with Crippen LogP contribution in [0, 0.1) is 11.6 Å². The molecule has 0 saturated carbocycles. The molecule has 43 heavy (non-hydrogen) atoms. The van der Waals surface area contributed by atoms with Crippen LogP contribution < -0.4 is 5.56 Å². The van der Waals surface area contributed by atoms with E-state index in [1.165, 1.54) is 30.3 Å². The van der Waals surface area contributed by atoms with Gasteiger partial charge in [0.25, 0.3) is 5.56 Å². The van der Waals surface area contributed by atoms with Crippen LogP contribution in [-0.4, -0.2) is 42.6 Å². The molecule has 2 aromatic heterocycles. The lowest BCUT2D eigenvalue weighted by Crippen LogP contribution is -2.24. The molecule has 5 rings (SSSR count). The average Bonchev–Trinajstić information content (AvgIpc) is 3.30. The number of halogens is 2. The van der Waals surface area contributed by atoms with E-state index in [-0.39, 0.29) is 24.6 Å². The lowest BCUT2D eigenvalue weighted by atomic mass is 9.98. The number of rotatable bonds is 10. The molecule has 3 aromatic carbocycles. The zero-order valence-corrected chi connectivity index (χ0v) is 23.7. The molecular formula is C34H32F2N2O5. The highest BCUT2D eigenvalue weighted by Gasteiger charge is 2.25. The highest BCUT2D eigenvalue weighted by atomic mass is 19.1. The smallest absolute Gasteiger partial charge is 0.305 e. The van der Waals surface area contributed by atoms with Gasteiger partial charge in [0.2, 0.25) is 0 Å². The third kappa shape index (κ3) is 6.14. The van der Waals surface area contributed by atoms with Crippen LogP contribution >= 0.6 is 0 Å². The Bertz CT molecular complexity index is 1890. The monoisotopic (exact) mass is 586 g/mol. The van der Waals surface area contributed by atoms with Crippen molar-refractivity contribution >= 4 is 33.9 Å². The molecule has 2 heterocycles. The van der Waals surface area contributed by atoms with E-state index in [4.69, 9.17) is 5.11 Å². The zero-order chi connectivity index (χ0) is 30.8. The molecule has 0 saturated heterocycles. The van der Waals surface area contributed by atoms with Gasteiger partial charge in [-0.1, -0.05) is 48.5 Å². The molecule has 9 heteroatoms. The van der Waals surface area contributed by atoms with E-state index < -0.39 is 36.2 Å². The molecular weight excluding hydrogens is 554 g/mol. The standard InChI is InChI=1S/C34H32F2N2O5/c1-20(2)38-29(15-14-25(39)17-26(40)18-30(41)42)31(22-10-12-23(35)13-11-22)32-27-8-3-4-9-28(27)37(34(43)33(32)38)19-21-6-5-7-24(36)16-21/h3-16,20,25-26,39-40H,17-19H2,1-2H3,(H,41,42). The van der Waals surface area contributed by atoms with Gasteiger partial charge in [0.15, 0.2) is 0 Å². The number of carbonyl (C=O) groups is 1. The summed E-state index contributed by atoms with van der Waals surface area (Å²) in [4.78, 5) is 25.4. The maximum atomic E-state index is 14.4. The number of para-hydroxylation sites is 1. The Hall–Kier alpha value is -4.60. The Labute approximate surface area is 246 Å². The molecule has 3 N–H and O–H groups in total. The maximum Gasteiger partial charge on any atom is 0.305 e. The zero-order valence-electron chi connectivity index (χ0n) is 23.7. The second-order valence-electron chi connectivity index (χ2n) is 10.9. The summed E-state index contributed by atoms with van der Waals surface area (Å²) >= 11 is 0. The topological polar surface area (TPSA) is 105 Å². The van der Waals surface area contributed by atoms with Crippen LogP contribution in [0.4, 0.5) is 8.78 Å². The minimum Gasteiger partial charge on any atom is -0.481 e. The van der Waals surface area contributed by atoms with Crippen molar-refractivity contribution in [2.24, 2.45) is 0 Å². The van der Waals surface area contributed by atoms with Gasteiger partial charge < -0.3 is 24.5 Å². The number of carboxylic acids is 1. The number of aliphatic carboxylic acids is 1. The molecule has 5 aromatic rings. The number of hydrogen-bond donors (Lipinski definition) is 3. The molecule has 0 spiro atoms. The summed E-state index contributed by atoms with van der Waals surface area (Å²) in [5.41, 5.74) is 3.24. The van der Waals surface area contributed by atoms with Crippen LogP contribution in [0.2, 0.25) is 0 Å². The van der Waals surface area contributed by atoms with E-state index in [1.54, 1.807) is 34.9 Å². The van der Waals surface area contributed by atoms with Gasteiger partial charge in [0.05, 0.1) is 30.7 Å². The van der Waals surface area contributed by atoms with Gasteiger partial charge in [-0.3, -0.25) is 9.59 Å². The summed E-state index contributed by atoms with van der Waals surface area (Å²) in [5.74, 6) is -2.00. The first-order chi connectivity index (χ1) is 20.5. The van der Waals surface area contributed by atoms with Crippen LogP contribution in [0.1, 0.15) is 44.0 Å². The number of fused-ring (bicyclic) bond motifs is 3. The van der Waals surface area contributed by atoms with Crippen molar-refractivity contribution in [3.05, 3.63) is 112 Å². The largest absolute Gasteiger partial charge is 0.481 e. The molecule has 222 valence electrons. The lowest BCUT2D eigenvalue weighted by Gasteiger charge is -2.16. The van der Waals surface area contributed by atoms with E-state index in [1.807, 2.05) is 42.7 Å². The fourth-order valence-corrected chi connectivity index (χ4v) is 5.67. The van der Waals surface area contributed by atoms with Crippen LogP contribution in [-0.2, 0) is 11.3 Å². The summed E-state index contributed by atoms with van der Waals surface area (Å²) in [5, 5.41) is 31.1. The predicted molar refractivity (Wildman–Crippen MR) is 163 cm³/mol. The quantitative estimate of drug-likeness (QED) is 0.183. The number of pyridine rings is 1. The second-order valence-corrected chi connectivity index (χ2v) is 10.9. The van der Waals surface area contributed by atoms with Gasteiger partial charge in [-0.05, 0) is 61.4 Å². The summed E-state index contributed by atoms with van der Waals surface area (Å²) in [6.45, 7) is 3.97. The number of carboxylic acid groups (broad SMARTS) is 1. The molecule has 2 atom stereocenters. The van der Waals surface area contributed by atoms with Crippen molar-refractivity contribution in [2.45, 2.75) is 51.5 Å². The van der Waals surface area contributed by atoms with Crippen molar-refractivity contribution < 1.29 is 28.9 Å². The van der Waals surface area contributed by atoms with E-state index >= 15 is 0 Å². The average molecular weight is 587 g/mol. The second kappa shape index (κ2) is 12.3. The first-order valence-corrected chi connectivity index (χ1v) is 14.0. The van der Waals surface area contributed by atoms with E-state index in [0.717, 1.165) is 5.39 Å². The summed E-state index contributed by atoms with van der Waals surface area (Å²) < 4.78 is 31.6. The third-order valence-electron chi connectivity index (χ3n) is 7.43. The Kier molecular flexibility index (Phi) is 8.57. The first-order valence-electron chi connectivity index (χ1n) is 14.0. The van der Waals surface area contributed by atoms with Crippen LogP contribution in [0.25, 0.3) is 39.0 Å². The number of aliphatic hydroxyl groups excluding tert-OH is 2. The van der Waals surface area contributed by atoms with Gasteiger partial charge in [-0.15, -0.1) is 0 Å². The van der Waals surface area contributed by atoms with Crippen molar-refractivity contribution in [1.29, 1.82) is 0 Å². The van der Waals surface area contributed by atoms with Gasteiger partial charge >= 0.3 is 5.97 Å². The highest BCUT2D eigenvalue weighted by molar-refractivity contribution is 6.15. The molecule has 0 amide bonds. The van der Waals surface area contributed by atoms with E-state index in [2.05, 4.69) is 0 Å². The molecule has 0 fully saturated rings. The van der Waals surface area contributed by atoms with Gasteiger partial charge in [0.1, 0.15) is 17.2 Å². The van der Waals surface area contributed by atoms with Crippen LogP contribution in [0.3, 0.4) is 0 Å². The Morgan fingerprint density at radius 2 is 1.67 bits per heavy atom. The molecule has 0 aliphatic rings. The first kappa shape index (κ1) is 29.9.